The molecule has 0 atom stereocenters. The third kappa shape index (κ3) is 9.43. The standard InChI is InChI=1S/C35H30F7N2O4/c1-22-19-26(43)8-14-30(22)31-15-9-27(44)20-24(31)21-47-32(45)16-5-23-3-10-29(11-4-23)48-34(38,39)25-6-12-28(13-7-25)46-18-2-17-33(36,37)35(40,41)42/h3-16,19-20H,1-2,17-18,21,43-44H2/b16-5+. The smallest absolute Gasteiger partial charge is 0.453 e. The second kappa shape index (κ2) is 14.7. The highest BCUT2D eigenvalue weighted by molar-refractivity contribution is 5.87. The van der Waals surface area contributed by atoms with Crippen LogP contribution in [0.2, 0.25) is 0 Å². The Bertz CT molecular complexity index is 1740. The molecule has 1 radical (unpaired) electrons. The fraction of sp³-hybridized carbons (Fsp3) is 0.200. The van der Waals surface area contributed by atoms with Gasteiger partial charge in [-0.15, -0.1) is 0 Å². The number of rotatable bonds is 13. The number of benzene rings is 4. The summed E-state index contributed by atoms with van der Waals surface area (Å²) < 4.78 is 107. The first-order valence-corrected chi connectivity index (χ1v) is 14.3. The molecule has 0 bridgehead atoms. The summed E-state index contributed by atoms with van der Waals surface area (Å²) in [6, 6.07) is 20.1. The highest BCUT2D eigenvalue weighted by Gasteiger charge is 2.56. The molecule has 0 fully saturated rings. The minimum atomic E-state index is -5.66. The molecule has 0 spiro atoms. The Morgan fingerprint density at radius 3 is 2.00 bits per heavy atom. The van der Waals surface area contributed by atoms with Crippen LogP contribution in [0.25, 0.3) is 17.2 Å². The first-order chi connectivity index (χ1) is 22.5. The van der Waals surface area contributed by atoms with Gasteiger partial charge in [-0.2, -0.15) is 30.7 Å². The number of nitrogen functional groups attached to an aromatic ring is 2. The minimum Gasteiger partial charge on any atom is -0.494 e. The highest BCUT2D eigenvalue weighted by Crippen LogP contribution is 2.39. The van der Waals surface area contributed by atoms with Crippen LogP contribution in [0, 0.1) is 6.92 Å². The van der Waals surface area contributed by atoms with Crippen LogP contribution in [0.1, 0.15) is 35.1 Å². The lowest BCUT2D eigenvalue weighted by atomic mass is 9.95. The van der Waals surface area contributed by atoms with Crippen molar-refractivity contribution >= 4 is 23.4 Å². The number of nitrogens with two attached hydrogens (primary N) is 2. The number of halogens is 7. The van der Waals surface area contributed by atoms with Gasteiger partial charge in [0.15, 0.2) is 0 Å². The monoisotopic (exact) mass is 675 g/mol. The molecule has 48 heavy (non-hydrogen) atoms. The molecule has 4 rings (SSSR count). The van der Waals surface area contributed by atoms with E-state index in [1.807, 2.05) is 6.07 Å². The fourth-order valence-corrected chi connectivity index (χ4v) is 4.46. The molecule has 13 heteroatoms. The number of alkyl halides is 7. The quantitative estimate of drug-likeness (QED) is 0.0483. The van der Waals surface area contributed by atoms with Gasteiger partial charge in [-0.3, -0.25) is 0 Å². The Balaban J connectivity index is 1.29. The van der Waals surface area contributed by atoms with E-state index >= 15 is 0 Å². The van der Waals surface area contributed by atoms with Crippen molar-refractivity contribution in [3.63, 3.8) is 0 Å². The third-order valence-corrected chi connectivity index (χ3v) is 6.97. The molecular formula is C35H30F7N2O4. The zero-order chi connectivity index (χ0) is 35.1. The second-order valence-corrected chi connectivity index (χ2v) is 10.6. The average molecular weight is 676 g/mol. The molecule has 4 aromatic carbocycles. The first kappa shape index (κ1) is 35.7. The highest BCUT2D eigenvalue weighted by atomic mass is 19.4. The molecular weight excluding hydrogens is 645 g/mol. The summed E-state index contributed by atoms with van der Waals surface area (Å²) in [4.78, 5) is 12.4. The molecule has 253 valence electrons. The van der Waals surface area contributed by atoms with Crippen molar-refractivity contribution in [2.45, 2.75) is 37.7 Å². The van der Waals surface area contributed by atoms with Gasteiger partial charge in [0.1, 0.15) is 18.1 Å². The van der Waals surface area contributed by atoms with Gasteiger partial charge >= 0.3 is 24.2 Å². The Hall–Kier alpha value is -5.20. The topological polar surface area (TPSA) is 96.8 Å². The Labute approximate surface area is 271 Å². The van der Waals surface area contributed by atoms with E-state index in [1.54, 1.807) is 30.3 Å². The lowest BCUT2D eigenvalue weighted by molar-refractivity contribution is -0.284. The summed E-state index contributed by atoms with van der Waals surface area (Å²) >= 11 is 0. The van der Waals surface area contributed by atoms with Gasteiger partial charge in [-0.25, -0.2) is 4.79 Å². The fourth-order valence-electron chi connectivity index (χ4n) is 4.46. The number of esters is 1. The largest absolute Gasteiger partial charge is 0.494 e. The van der Waals surface area contributed by atoms with E-state index in [0.29, 0.717) is 28.1 Å². The lowest BCUT2D eigenvalue weighted by Gasteiger charge is -2.20. The van der Waals surface area contributed by atoms with Crippen molar-refractivity contribution in [1.82, 2.24) is 0 Å². The zero-order valence-electron chi connectivity index (χ0n) is 25.2. The molecule has 4 N–H and O–H groups in total. The van der Waals surface area contributed by atoms with Crippen LogP contribution in [0.3, 0.4) is 0 Å². The molecule has 0 heterocycles. The Kier molecular flexibility index (Phi) is 10.9. The number of anilines is 2. The molecule has 0 saturated heterocycles. The maximum absolute atomic E-state index is 14.8. The molecule has 0 aliphatic rings. The summed E-state index contributed by atoms with van der Waals surface area (Å²) in [5.41, 5.74) is 15.7. The number of hydrogen-bond donors (Lipinski definition) is 2. The molecule has 0 amide bonds. The van der Waals surface area contributed by atoms with E-state index in [2.05, 4.69) is 6.92 Å². The van der Waals surface area contributed by atoms with Crippen molar-refractivity contribution in [2.75, 3.05) is 18.1 Å². The van der Waals surface area contributed by atoms with Crippen molar-refractivity contribution in [2.24, 2.45) is 0 Å². The number of hydrogen-bond acceptors (Lipinski definition) is 6. The van der Waals surface area contributed by atoms with Gasteiger partial charge < -0.3 is 25.7 Å². The molecule has 0 aliphatic carbocycles. The van der Waals surface area contributed by atoms with Crippen LogP contribution < -0.4 is 20.9 Å². The molecule has 0 saturated carbocycles. The van der Waals surface area contributed by atoms with Gasteiger partial charge in [0.25, 0.3) is 0 Å². The Morgan fingerprint density at radius 1 is 0.771 bits per heavy atom. The van der Waals surface area contributed by atoms with Gasteiger partial charge in [0.2, 0.25) is 0 Å². The van der Waals surface area contributed by atoms with Crippen LogP contribution in [-0.4, -0.2) is 24.7 Å². The second-order valence-electron chi connectivity index (χ2n) is 10.6. The van der Waals surface area contributed by atoms with Gasteiger partial charge in [-0.05, 0) is 108 Å². The van der Waals surface area contributed by atoms with Crippen LogP contribution in [-0.2, 0) is 22.2 Å². The minimum absolute atomic E-state index is 0.00193. The zero-order valence-corrected chi connectivity index (χ0v) is 25.2. The number of ether oxygens (including phenoxy) is 3. The summed E-state index contributed by atoms with van der Waals surface area (Å²) in [7, 11) is 0. The van der Waals surface area contributed by atoms with Gasteiger partial charge in [0.05, 0.1) is 12.2 Å². The van der Waals surface area contributed by atoms with Crippen LogP contribution in [0.5, 0.6) is 11.5 Å². The van der Waals surface area contributed by atoms with Crippen LogP contribution in [0.4, 0.5) is 42.1 Å². The van der Waals surface area contributed by atoms with Crippen LogP contribution >= 0.6 is 0 Å². The SMILES string of the molecule is [CH2]c1cc(N)ccc1-c1ccc(N)cc1COC(=O)/C=C/c1ccc(OC(F)(F)c2ccc(OCCCC(F)(F)C(F)(F)F)cc2)cc1. The van der Waals surface area contributed by atoms with Crippen molar-refractivity contribution < 1.29 is 49.7 Å². The molecule has 4 aromatic rings. The maximum atomic E-state index is 14.8. The Morgan fingerprint density at radius 2 is 1.38 bits per heavy atom. The third-order valence-electron chi connectivity index (χ3n) is 6.97. The number of carbonyl (C=O) groups is 1. The van der Waals surface area contributed by atoms with E-state index in [-0.39, 0.29) is 18.1 Å². The van der Waals surface area contributed by atoms with Crippen molar-refractivity contribution in [3.8, 4) is 22.6 Å². The number of carbonyl (C=O) groups excluding carboxylic acids is 1. The molecule has 6 nitrogen and oxygen atoms in total. The van der Waals surface area contributed by atoms with E-state index in [4.69, 9.17) is 25.7 Å². The van der Waals surface area contributed by atoms with E-state index in [9.17, 15) is 35.5 Å². The predicted molar refractivity (Wildman–Crippen MR) is 167 cm³/mol. The van der Waals surface area contributed by atoms with Crippen molar-refractivity contribution in [3.05, 3.63) is 120 Å². The normalized spacial score (nSPS) is 12.2. The van der Waals surface area contributed by atoms with Gasteiger partial charge in [-0.1, -0.05) is 24.3 Å². The van der Waals surface area contributed by atoms with E-state index < -0.39 is 49.2 Å². The maximum Gasteiger partial charge on any atom is 0.453 e. The molecule has 0 aliphatic heterocycles. The van der Waals surface area contributed by atoms with Crippen molar-refractivity contribution in [1.29, 1.82) is 0 Å². The average Bonchev–Trinajstić information content (AvgIpc) is 3.02. The summed E-state index contributed by atoms with van der Waals surface area (Å²) in [6.07, 6.45) is -8.90. The van der Waals surface area contributed by atoms with Crippen LogP contribution in [0.15, 0.2) is 91.0 Å². The molecule has 0 aromatic heterocycles. The summed E-state index contributed by atoms with van der Waals surface area (Å²) in [5.74, 6) is -5.69. The summed E-state index contributed by atoms with van der Waals surface area (Å²) in [6.45, 7) is 3.47. The first-order valence-electron chi connectivity index (χ1n) is 14.3. The van der Waals surface area contributed by atoms with E-state index in [1.165, 1.54) is 36.4 Å². The molecule has 0 unspecified atom stereocenters. The predicted octanol–water partition coefficient (Wildman–Crippen LogP) is 8.94. The van der Waals surface area contributed by atoms with E-state index in [0.717, 1.165) is 35.4 Å². The van der Waals surface area contributed by atoms with Gasteiger partial charge in [0, 0.05) is 23.9 Å². The summed E-state index contributed by atoms with van der Waals surface area (Å²) in [5, 5.41) is 0. The lowest BCUT2D eigenvalue weighted by Crippen LogP contribution is -2.36.